The zero-order valence-electron chi connectivity index (χ0n) is 16.1. The van der Waals surface area contributed by atoms with E-state index in [9.17, 15) is 13.2 Å². The molecular formula is C22H30O3S. The van der Waals surface area contributed by atoms with E-state index in [-0.39, 0.29) is 11.7 Å². The first-order valence-corrected chi connectivity index (χ1v) is 10.9. The van der Waals surface area contributed by atoms with Crippen molar-refractivity contribution in [1.29, 1.82) is 0 Å². The molecule has 1 aromatic rings. The third-order valence-electron chi connectivity index (χ3n) is 5.35. The summed E-state index contributed by atoms with van der Waals surface area (Å²) in [5.41, 5.74) is 1.31. The van der Waals surface area contributed by atoms with Gasteiger partial charge in [0.25, 0.3) is 0 Å². The van der Waals surface area contributed by atoms with Crippen molar-refractivity contribution in [2.45, 2.75) is 68.9 Å². The van der Waals surface area contributed by atoms with Gasteiger partial charge in [0.1, 0.15) is 0 Å². The summed E-state index contributed by atoms with van der Waals surface area (Å²) in [7, 11) is -3.55. The van der Waals surface area contributed by atoms with Gasteiger partial charge >= 0.3 is 0 Å². The van der Waals surface area contributed by atoms with Crippen LogP contribution < -0.4 is 0 Å². The van der Waals surface area contributed by atoms with Gasteiger partial charge in [-0.15, -0.1) is 0 Å². The monoisotopic (exact) mass is 374 g/mol. The van der Waals surface area contributed by atoms with Gasteiger partial charge in [-0.3, -0.25) is 4.79 Å². The molecule has 0 fully saturated rings. The highest BCUT2D eigenvalue weighted by Gasteiger charge is 2.47. The van der Waals surface area contributed by atoms with E-state index in [1.165, 1.54) is 11.6 Å². The highest BCUT2D eigenvalue weighted by atomic mass is 32.2. The van der Waals surface area contributed by atoms with Crippen LogP contribution in [0.1, 0.15) is 59.3 Å². The van der Waals surface area contributed by atoms with Crippen molar-refractivity contribution in [3.8, 4) is 0 Å². The van der Waals surface area contributed by atoms with Gasteiger partial charge in [-0.1, -0.05) is 49.3 Å². The van der Waals surface area contributed by atoms with Crippen molar-refractivity contribution in [3.63, 3.8) is 0 Å². The molecule has 0 saturated heterocycles. The molecule has 0 heterocycles. The van der Waals surface area contributed by atoms with Crippen LogP contribution in [-0.4, -0.2) is 18.9 Å². The van der Waals surface area contributed by atoms with Gasteiger partial charge in [0.2, 0.25) is 0 Å². The minimum atomic E-state index is -3.55. The van der Waals surface area contributed by atoms with Crippen molar-refractivity contribution >= 4 is 15.6 Å². The van der Waals surface area contributed by atoms with Gasteiger partial charge in [-0.2, -0.15) is 0 Å². The van der Waals surface area contributed by atoms with Gasteiger partial charge < -0.3 is 0 Å². The number of rotatable bonds is 8. The summed E-state index contributed by atoms with van der Waals surface area (Å²) in [6, 6.07) is 8.63. The van der Waals surface area contributed by atoms with Crippen molar-refractivity contribution in [2.24, 2.45) is 5.92 Å². The van der Waals surface area contributed by atoms with Gasteiger partial charge in [-0.05, 0) is 63.7 Å². The predicted octanol–water partition coefficient (Wildman–Crippen LogP) is 5.28. The van der Waals surface area contributed by atoms with Crippen LogP contribution >= 0.6 is 0 Å². The van der Waals surface area contributed by atoms with Crippen LogP contribution in [0.25, 0.3) is 0 Å². The van der Waals surface area contributed by atoms with E-state index in [4.69, 9.17) is 0 Å². The molecule has 0 N–H and O–H groups in total. The van der Waals surface area contributed by atoms with Crippen molar-refractivity contribution in [3.05, 3.63) is 54.1 Å². The van der Waals surface area contributed by atoms with Gasteiger partial charge in [0.05, 0.1) is 9.64 Å². The molecule has 0 unspecified atom stereocenters. The van der Waals surface area contributed by atoms with Gasteiger partial charge in [0.15, 0.2) is 15.6 Å². The molecule has 4 heteroatoms. The fourth-order valence-corrected chi connectivity index (χ4v) is 5.89. The third kappa shape index (κ3) is 4.53. The number of hydrogen-bond donors (Lipinski definition) is 0. The molecule has 0 saturated carbocycles. The summed E-state index contributed by atoms with van der Waals surface area (Å²) in [5, 5.41) is 0. The summed E-state index contributed by atoms with van der Waals surface area (Å²) in [6.45, 7) is 6.20. The summed E-state index contributed by atoms with van der Waals surface area (Å²) in [4.78, 5) is 12.1. The molecule has 26 heavy (non-hydrogen) atoms. The maximum Gasteiger partial charge on any atom is 0.187 e. The Morgan fingerprint density at radius 2 is 1.88 bits per heavy atom. The lowest BCUT2D eigenvalue weighted by molar-refractivity contribution is -0.115. The fraction of sp³-hybridized carbons (Fsp3) is 0.500. The van der Waals surface area contributed by atoms with Crippen LogP contribution in [-0.2, 0) is 14.6 Å². The standard InChI is InChI=1S/C22H30O3S/c1-18(2)10-6-4-7-11-19(3)22(16-14-20(23)15-17-22)26(24,25)21-12-8-5-9-13-21/h5,8-10,12-14,16,19H,4,6-7,11,15,17H2,1-3H3/t19-,22-/m0/s1. The zero-order valence-corrected chi connectivity index (χ0v) is 16.9. The molecule has 142 valence electrons. The minimum absolute atomic E-state index is 0.0136. The lowest BCUT2D eigenvalue weighted by atomic mass is 9.81. The van der Waals surface area contributed by atoms with E-state index in [1.54, 1.807) is 30.3 Å². The summed E-state index contributed by atoms with van der Waals surface area (Å²) < 4.78 is 25.9. The number of unbranched alkanes of at least 4 members (excludes halogenated alkanes) is 2. The van der Waals surface area contributed by atoms with E-state index >= 15 is 0 Å². The van der Waals surface area contributed by atoms with Crippen molar-refractivity contribution in [1.82, 2.24) is 0 Å². The number of hydrogen-bond acceptors (Lipinski definition) is 3. The molecule has 2 atom stereocenters. The lowest BCUT2D eigenvalue weighted by Gasteiger charge is -2.38. The van der Waals surface area contributed by atoms with Crippen molar-refractivity contribution < 1.29 is 13.2 Å². The Kier molecular flexibility index (Phi) is 6.99. The highest BCUT2D eigenvalue weighted by molar-refractivity contribution is 7.93. The van der Waals surface area contributed by atoms with Crippen LogP contribution in [0.3, 0.4) is 0 Å². The second kappa shape index (κ2) is 8.81. The number of carbonyl (C=O) groups is 1. The number of carbonyl (C=O) groups excluding carboxylic acids is 1. The average molecular weight is 375 g/mol. The first-order chi connectivity index (χ1) is 12.3. The Balaban J connectivity index is 2.24. The van der Waals surface area contributed by atoms with E-state index in [1.807, 2.05) is 13.0 Å². The van der Waals surface area contributed by atoms with Crippen LogP contribution in [0.2, 0.25) is 0 Å². The molecule has 1 aliphatic carbocycles. The van der Waals surface area contributed by atoms with Crippen molar-refractivity contribution in [2.75, 3.05) is 0 Å². The first-order valence-electron chi connectivity index (χ1n) is 9.45. The van der Waals surface area contributed by atoms with E-state index in [0.29, 0.717) is 17.7 Å². The maximum absolute atomic E-state index is 13.5. The number of sulfone groups is 1. The fourth-order valence-electron chi connectivity index (χ4n) is 3.67. The minimum Gasteiger partial charge on any atom is -0.295 e. The third-order valence-corrected chi connectivity index (χ3v) is 7.98. The zero-order chi connectivity index (χ0) is 19.2. The molecule has 0 amide bonds. The second-order valence-corrected chi connectivity index (χ2v) is 9.78. The van der Waals surface area contributed by atoms with Crippen LogP contribution in [0.15, 0.2) is 59.0 Å². The molecule has 3 nitrogen and oxygen atoms in total. The van der Waals surface area contributed by atoms with Crippen LogP contribution in [0.4, 0.5) is 0 Å². The van der Waals surface area contributed by atoms with E-state index in [0.717, 1.165) is 25.7 Å². The summed E-state index contributed by atoms with van der Waals surface area (Å²) >= 11 is 0. The smallest absolute Gasteiger partial charge is 0.187 e. The first kappa shape index (κ1) is 20.6. The maximum atomic E-state index is 13.5. The number of benzene rings is 1. The number of allylic oxidation sites excluding steroid dienone is 3. The number of ketones is 1. The Morgan fingerprint density at radius 1 is 1.19 bits per heavy atom. The molecule has 1 aromatic carbocycles. The largest absolute Gasteiger partial charge is 0.295 e. The lowest BCUT2D eigenvalue weighted by Crippen LogP contribution is -2.45. The summed E-state index contributed by atoms with van der Waals surface area (Å²) in [6.07, 6.45) is 9.94. The molecule has 2 rings (SSSR count). The average Bonchev–Trinajstić information content (AvgIpc) is 2.62. The van der Waals surface area contributed by atoms with Crippen LogP contribution in [0, 0.1) is 5.92 Å². The molecule has 0 radical (unpaired) electrons. The molecule has 0 spiro atoms. The molecule has 0 aliphatic heterocycles. The Morgan fingerprint density at radius 3 is 2.46 bits per heavy atom. The normalized spacial score (nSPS) is 21.4. The predicted molar refractivity (Wildman–Crippen MR) is 107 cm³/mol. The SMILES string of the molecule is CC(C)=CCCCC[C@H](C)[C@]1(S(=O)(=O)c2ccccc2)C=CC(=O)CC1. The molecule has 1 aliphatic rings. The Hall–Kier alpha value is -1.68. The topological polar surface area (TPSA) is 51.2 Å². The van der Waals surface area contributed by atoms with E-state index in [2.05, 4.69) is 19.9 Å². The summed E-state index contributed by atoms with van der Waals surface area (Å²) in [5.74, 6) is -0.0246. The van der Waals surface area contributed by atoms with Gasteiger partial charge in [-0.25, -0.2) is 8.42 Å². The molecular weight excluding hydrogens is 344 g/mol. The molecule has 0 bridgehead atoms. The van der Waals surface area contributed by atoms with Gasteiger partial charge in [0, 0.05) is 6.42 Å². The Bertz CT molecular complexity index is 771. The highest BCUT2D eigenvalue weighted by Crippen LogP contribution is 2.42. The second-order valence-electron chi connectivity index (χ2n) is 7.54. The molecule has 0 aromatic heterocycles. The quantitative estimate of drug-likeness (QED) is 0.459. The van der Waals surface area contributed by atoms with Crippen LogP contribution in [0.5, 0.6) is 0 Å². The van der Waals surface area contributed by atoms with E-state index < -0.39 is 14.6 Å². The Labute approximate surface area is 158 Å².